The average Bonchev–Trinajstić information content (AvgIpc) is 3.73. The van der Waals surface area contributed by atoms with Crippen molar-refractivity contribution in [2.24, 2.45) is 0 Å². The lowest BCUT2D eigenvalue weighted by Gasteiger charge is -2.39. The highest BCUT2D eigenvalue weighted by atomic mass is 35.5. The molecule has 3 saturated heterocycles. The highest BCUT2D eigenvalue weighted by Crippen LogP contribution is 2.37. The molecule has 0 N–H and O–H groups in total. The van der Waals surface area contributed by atoms with Crippen molar-refractivity contribution in [3.05, 3.63) is 71.2 Å². The van der Waals surface area contributed by atoms with E-state index in [2.05, 4.69) is 24.7 Å². The molecule has 3 atom stereocenters. The third kappa shape index (κ3) is 8.67. The zero-order valence-corrected chi connectivity index (χ0v) is 31.3. The molecule has 1 amide bonds. The van der Waals surface area contributed by atoms with Gasteiger partial charge < -0.3 is 24.1 Å². The minimum absolute atomic E-state index is 0. The number of piperazine rings is 1. The zero-order chi connectivity index (χ0) is 33.2. The third-order valence-corrected chi connectivity index (χ3v) is 9.50. The topological polar surface area (TPSA) is 101 Å². The molecular formula is C35H43ClF2N8O3S3. The summed E-state index contributed by atoms with van der Waals surface area (Å²) in [4.78, 5) is 40.3. The fraction of sp³-hybridized carbons (Fsp3) is 0.429. The first-order valence-electron chi connectivity index (χ1n) is 15.9. The number of carbonyl (C=O) groups excluding carboxylic acids is 1. The van der Waals surface area contributed by atoms with Crippen LogP contribution in [0.4, 0.5) is 14.6 Å². The van der Waals surface area contributed by atoms with E-state index >= 15 is 4.39 Å². The molecule has 0 saturated carbocycles. The highest BCUT2D eigenvalue weighted by Gasteiger charge is 2.38. The van der Waals surface area contributed by atoms with Gasteiger partial charge in [0.2, 0.25) is 12.5 Å². The van der Waals surface area contributed by atoms with E-state index in [1.165, 1.54) is 18.5 Å². The molecule has 280 valence electrons. The van der Waals surface area contributed by atoms with Crippen molar-refractivity contribution in [2.75, 3.05) is 64.1 Å². The SMILES string of the molecule is C.S.S.S.[C-]#[N+]C[C@H]1CN(c2nc(OCCCN3C[C@@H]4C[C@H]3CO4)nc3c(F)c(-c4cncc5cccc(Cl)c45)ncc23)CCN1C(=O)/C=C/CF. The first-order chi connectivity index (χ1) is 23.4. The summed E-state index contributed by atoms with van der Waals surface area (Å²) in [6.07, 6.45) is 9.15. The zero-order valence-electron chi connectivity index (χ0n) is 27.6. The Morgan fingerprint density at radius 3 is 2.71 bits per heavy atom. The minimum Gasteiger partial charge on any atom is -0.463 e. The molecule has 0 radical (unpaired) electrons. The fourth-order valence-electron chi connectivity index (χ4n) is 6.91. The van der Waals surface area contributed by atoms with Gasteiger partial charge in [0.15, 0.2) is 5.82 Å². The van der Waals surface area contributed by atoms with E-state index in [1.54, 1.807) is 23.2 Å². The van der Waals surface area contributed by atoms with Gasteiger partial charge in [0.1, 0.15) is 29.7 Å². The van der Waals surface area contributed by atoms with Gasteiger partial charge in [-0.3, -0.25) is 19.7 Å². The molecular weight excluding hydrogens is 750 g/mol. The maximum absolute atomic E-state index is 16.7. The molecule has 1 aromatic carbocycles. The van der Waals surface area contributed by atoms with Crippen LogP contribution in [0.1, 0.15) is 20.3 Å². The number of pyridine rings is 2. The molecule has 4 aromatic rings. The number of allylic oxidation sites excluding steroid dienone is 1. The summed E-state index contributed by atoms with van der Waals surface area (Å²) in [5, 5.41) is 2.16. The van der Waals surface area contributed by atoms with Crippen LogP contribution in [0.15, 0.2) is 48.9 Å². The molecule has 3 aromatic heterocycles. The molecule has 3 aliphatic rings. The van der Waals surface area contributed by atoms with Crippen LogP contribution >= 0.6 is 52.1 Å². The number of fused-ring (bicyclic) bond motifs is 4. The van der Waals surface area contributed by atoms with Gasteiger partial charge in [0.05, 0.1) is 24.7 Å². The second-order valence-corrected chi connectivity index (χ2v) is 12.5. The van der Waals surface area contributed by atoms with Gasteiger partial charge in [-0.1, -0.05) is 31.2 Å². The molecule has 0 spiro atoms. The van der Waals surface area contributed by atoms with Gasteiger partial charge in [0, 0.05) is 84.8 Å². The number of amides is 1. The van der Waals surface area contributed by atoms with Crippen molar-refractivity contribution < 1.29 is 23.0 Å². The number of anilines is 1. The standard InChI is InChI=1S/C34H33ClF2N8O3.CH4.3H2S/c1-38-15-23-18-44(10-11-45(23)28(46)7-3-8-36)33-26-17-40-31(25-16-39-14-21-5-2-6-27(35)29(21)25)30(37)32(26)41-34(42-33)47-12-4-9-43-19-24-13-22(43)20-48-24;;;;/h2-3,5-7,14,16-17,22-24H,4,8-13,15,18-20H2;1H4;3*1H2/b7-3+;;;;/t22-,23-,24-;;;;/m0..../s1. The van der Waals surface area contributed by atoms with E-state index in [9.17, 15) is 9.18 Å². The van der Waals surface area contributed by atoms with E-state index in [1.807, 2.05) is 11.0 Å². The maximum Gasteiger partial charge on any atom is 0.319 e. The summed E-state index contributed by atoms with van der Waals surface area (Å²) in [5.41, 5.74) is 0.482. The number of likely N-dealkylation sites (tertiary alicyclic amines) is 1. The lowest BCUT2D eigenvalue weighted by molar-refractivity contribution is -0.128. The van der Waals surface area contributed by atoms with E-state index in [0.717, 1.165) is 44.0 Å². The fourth-order valence-corrected chi connectivity index (χ4v) is 7.19. The lowest BCUT2D eigenvalue weighted by Crippen LogP contribution is -2.56. The summed E-state index contributed by atoms with van der Waals surface area (Å²) in [7, 11) is 0. The van der Waals surface area contributed by atoms with Gasteiger partial charge >= 0.3 is 6.01 Å². The Kier molecular flexibility index (Phi) is 15.7. The van der Waals surface area contributed by atoms with Crippen LogP contribution in [0.25, 0.3) is 37.8 Å². The van der Waals surface area contributed by atoms with Crippen molar-refractivity contribution in [3.63, 3.8) is 0 Å². The van der Waals surface area contributed by atoms with E-state index in [4.69, 9.17) is 32.6 Å². The number of carbonyl (C=O) groups is 1. The van der Waals surface area contributed by atoms with Gasteiger partial charge in [-0.2, -0.15) is 50.5 Å². The summed E-state index contributed by atoms with van der Waals surface area (Å²) in [6, 6.07) is 5.34. The van der Waals surface area contributed by atoms with Gasteiger partial charge in [-0.15, -0.1) is 0 Å². The highest BCUT2D eigenvalue weighted by molar-refractivity contribution is 7.59. The van der Waals surface area contributed by atoms with Crippen LogP contribution in [-0.2, 0) is 9.53 Å². The average molecular weight is 793 g/mol. The lowest BCUT2D eigenvalue weighted by atomic mass is 10.0. The molecule has 0 unspecified atom stereocenters. The Morgan fingerprint density at radius 1 is 1.15 bits per heavy atom. The molecule has 3 fully saturated rings. The minimum atomic E-state index is -0.760. The van der Waals surface area contributed by atoms with Crippen LogP contribution < -0.4 is 9.64 Å². The predicted octanol–water partition coefficient (Wildman–Crippen LogP) is 5.71. The summed E-state index contributed by atoms with van der Waals surface area (Å²) in [6.45, 7) is 10.4. The van der Waals surface area contributed by atoms with Crippen molar-refractivity contribution in [1.29, 1.82) is 0 Å². The van der Waals surface area contributed by atoms with Crippen LogP contribution in [-0.4, -0.2) is 113 Å². The summed E-state index contributed by atoms with van der Waals surface area (Å²) in [5.74, 6) is -0.654. The first kappa shape index (κ1) is 42.9. The number of nitrogens with zero attached hydrogens (tertiary/aromatic N) is 8. The Labute approximate surface area is 327 Å². The predicted molar refractivity (Wildman–Crippen MR) is 215 cm³/mol. The third-order valence-electron chi connectivity index (χ3n) is 9.18. The van der Waals surface area contributed by atoms with Crippen LogP contribution in [0, 0.1) is 12.4 Å². The van der Waals surface area contributed by atoms with E-state index in [-0.39, 0.29) is 90.7 Å². The Morgan fingerprint density at radius 2 is 1.98 bits per heavy atom. The van der Waals surface area contributed by atoms with Crippen molar-refractivity contribution in [3.8, 4) is 17.3 Å². The number of alkyl halides is 1. The largest absolute Gasteiger partial charge is 0.463 e. The smallest absolute Gasteiger partial charge is 0.319 e. The number of ether oxygens (including phenoxy) is 2. The number of morpholine rings is 1. The van der Waals surface area contributed by atoms with Crippen LogP contribution in [0.5, 0.6) is 6.01 Å². The number of rotatable bonds is 10. The molecule has 52 heavy (non-hydrogen) atoms. The number of benzene rings is 1. The summed E-state index contributed by atoms with van der Waals surface area (Å²) >= 11 is 6.56. The number of halogens is 3. The van der Waals surface area contributed by atoms with Gasteiger partial charge in [0.25, 0.3) is 0 Å². The Balaban J connectivity index is 0.00000182. The molecule has 17 heteroatoms. The Hall–Kier alpha value is -3.46. The van der Waals surface area contributed by atoms with E-state index < -0.39 is 18.5 Å². The normalized spacial score (nSPS) is 19.5. The second kappa shape index (κ2) is 19.0. The maximum atomic E-state index is 16.7. The number of hydrogen-bond donors (Lipinski definition) is 0. The van der Waals surface area contributed by atoms with Crippen LogP contribution in [0.2, 0.25) is 5.02 Å². The molecule has 2 bridgehead atoms. The quantitative estimate of drug-likeness (QED) is 0.114. The molecule has 7 rings (SSSR count). The summed E-state index contributed by atoms with van der Waals surface area (Å²) < 4.78 is 41.2. The van der Waals surface area contributed by atoms with E-state index in [0.29, 0.717) is 52.5 Å². The van der Waals surface area contributed by atoms with Gasteiger partial charge in [-0.25, -0.2) is 15.4 Å². The van der Waals surface area contributed by atoms with Crippen molar-refractivity contribution >= 4 is 85.5 Å². The monoisotopic (exact) mass is 792 g/mol. The van der Waals surface area contributed by atoms with Crippen molar-refractivity contribution in [2.45, 2.75) is 38.5 Å². The molecule has 6 heterocycles. The molecule has 0 aliphatic carbocycles. The first-order valence-corrected chi connectivity index (χ1v) is 16.3. The number of hydrogen-bond acceptors (Lipinski definition) is 9. The molecule has 3 aliphatic heterocycles. The van der Waals surface area contributed by atoms with Gasteiger partial charge in [-0.05, 0) is 25.0 Å². The molecule has 11 nitrogen and oxygen atoms in total. The second-order valence-electron chi connectivity index (χ2n) is 12.1. The Bertz CT molecular complexity index is 1940. The van der Waals surface area contributed by atoms with Crippen LogP contribution in [0.3, 0.4) is 0 Å². The number of aromatic nitrogens is 4. The van der Waals surface area contributed by atoms with Crippen molar-refractivity contribution in [1.82, 2.24) is 29.7 Å².